The van der Waals surface area contributed by atoms with Crippen molar-refractivity contribution in [1.82, 2.24) is 0 Å². The average molecular weight is 202 g/mol. The molecule has 0 aromatic heterocycles. The Labute approximate surface area is 83.5 Å². The summed E-state index contributed by atoms with van der Waals surface area (Å²) in [4.78, 5) is 0. The van der Waals surface area contributed by atoms with Crippen LogP contribution >= 0.6 is 12.4 Å². The lowest BCUT2D eigenvalue weighted by Gasteiger charge is -2.22. The molecule has 72 valence electrons. The molecular weight excluding hydrogens is 189 g/mol. The van der Waals surface area contributed by atoms with Gasteiger partial charge in [-0.1, -0.05) is 12.1 Å². The van der Waals surface area contributed by atoms with Crippen LogP contribution in [0, 0.1) is 5.82 Å². The van der Waals surface area contributed by atoms with Crippen LogP contribution in [0.4, 0.5) is 4.39 Å². The van der Waals surface area contributed by atoms with Crippen molar-refractivity contribution in [3.8, 4) is 0 Å². The van der Waals surface area contributed by atoms with E-state index in [-0.39, 0.29) is 24.3 Å². The molecule has 2 N–H and O–H groups in total. The van der Waals surface area contributed by atoms with Crippen LogP contribution in [0.3, 0.4) is 0 Å². The minimum Gasteiger partial charge on any atom is -0.324 e. The van der Waals surface area contributed by atoms with Crippen molar-refractivity contribution in [2.24, 2.45) is 5.73 Å². The molecule has 0 saturated carbocycles. The zero-order valence-electron chi connectivity index (χ0n) is 7.29. The quantitative estimate of drug-likeness (QED) is 0.686. The van der Waals surface area contributed by atoms with Gasteiger partial charge in [0.2, 0.25) is 0 Å². The van der Waals surface area contributed by atoms with Crippen LogP contribution in [0.1, 0.15) is 30.0 Å². The van der Waals surface area contributed by atoms with Gasteiger partial charge in [0.1, 0.15) is 5.82 Å². The summed E-state index contributed by atoms with van der Waals surface area (Å²) in [6.07, 6.45) is 2.83. The van der Waals surface area contributed by atoms with Gasteiger partial charge >= 0.3 is 0 Å². The molecule has 1 aliphatic rings. The minimum absolute atomic E-state index is 0. The third-order valence-electron chi connectivity index (χ3n) is 2.50. The predicted octanol–water partition coefficient (Wildman–Crippen LogP) is 2.58. The summed E-state index contributed by atoms with van der Waals surface area (Å²) >= 11 is 0. The summed E-state index contributed by atoms with van der Waals surface area (Å²) < 4.78 is 13.2. The maximum Gasteiger partial charge on any atom is 0.126 e. The molecule has 1 nitrogen and oxygen atoms in total. The Morgan fingerprint density at radius 1 is 1.38 bits per heavy atom. The van der Waals surface area contributed by atoms with Crippen molar-refractivity contribution in [3.63, 3.8) is 0 Å². The van der Waals surface area contributed by atoms with E-state index >= 15 is 0 Å². The number of hydrogen-bond donors (Lipinski definition) is 1. The summed E-state index contributed by atoms with van der Waals surface area (Å²) in [5, 5.41) is 0. The Balaban J connectivity index is 0.000000845. The molecule has 0 spiro atoms. The van der Waals surface area contributed by atoms with Crippen molar-refractivity contribution in [2.45, 2.75) is 25.3 Å². The number of hydrogen-bond acceptors (Lipinski definition) is 1. The molecule has 0 radical (unpaired) electrons. The Bertz CT molecular complexity index is 301. The second kappa shape index (κ2) is 4.07. The van der Waals surface area contributed by atoms with Crippen molar-refractivity contribution >= 4 is 12.4 Å². The standard InChI is InChI=1S/C10H12FN.ClH/c11-9-5-1-4-8-7(9)3-2-6-10(8)12;/h1,4-5,10H,2-3,6,12H2;1H. The van der Waals surface area contributed by atoms with Crippen molar-refractivity contribution < 1.29 is 4.39 Å². The van der Waals surface area contributed by atoms with Gasteiger partial charge in [-0.25, -0.2) is 4.39 Å². The van der Waals surface area contributed by atoms with E-state index in [1.807, 2.05) is 6.07 Å². The molecule has 0 bridgehead atoms. The summed E-state index contributed by atoms with van der Waals surface area (Å²) in [6.45, 7) is 0. The number of nitrogens with two attached hydrogens (primary N) is 1. The SMILES string of the molecule is Cl.NC1CCCc2c(F)cccc21. The summed E-state index contributed by atoms with van der Waals surface area (Å²) in [5.41, 5.74) is 7.68. The highest BCUT2D eigenvalue weighted by molar-refractivity contribution is 5.85. The average Bonchev–Trinajstić information content (AvgIpc) is 2.07. The zero-order valence-corrected chi connectivity index (χ0v) is 8.11. The first-order chi connectivity index (χ1) is 5.79. The van der Waals surface area contributed by atoms with Gasteiger partial charge in [-0.3, -0.25) is 0 Å². The van der Waals surface area contributed by atoms with Crippen molar-refractivity contribution in [2.75, 3.05) is 0 Å². The fraction of sp³-hybridized carbons (Fsp3) is 0.400. The van der Waals surface area contributed by atoms with Gasteiger partial charge in [0.25, 0.3) is 0 Å². The molecule has 2 rings (SSSR count). The Morgan fingerprint density at radius 2 is 2.15 bits per heavy atom. The fourth-order valence-electron chi connectivity index (χ4n) is 1.84. The molecule has 3 heteroatoms. The van der Waals surface area contributed by atoms with Gasteiger partial charge in [0.05, 0.1) is 0 Å². The number of benzene rings is 1. The first-order valence-electron chi connectivity index (χ1n) is 4.32. The van der Waals surface area contributed by atoms with E-state index in [2.05, 4.69) is 0 Å². The fourth-order valence-corrected chi connectivity index (χ4v) is 1.84. The molecule has 0 amide bonds. The van der Waals surface area contributed by atoms with Crippen LogP contribution in [0.5, 0.6) is 0 Å². The highest BCUT2D eigenvalue weighted by atomic mass is 35.5. The van der Waals surface area contributed by atoms with Crippen molar-refractivity contribution in [3.05, 3.63) is 35.1 Å². The Hall–Kier alpha value is -0.600. The van der Waals surface area contributed by atoms with E-state index in [1.54, 1.807) is 6.07 Å². The lowest BCUT2D eigenvalue weighted by molar-refractivity contribution is 0.531. The number of halogens is 2. The van der Waals surface area contributed by atoms with Crippen LogP contribution in [0.2, 0.25) is 0 Å². The molecule has 1 atom stereocenters. The van der Waals surface area contributed by atoms with Crippen LogP contribution in [0.15, 0.2) is 18.2 Å². The zero-order chi connectivity index (χ0) is 8.55. The van der Waals surface area contributed by atoms with Gasteiger partial charge < -0.3 is 5.73 Å². The van der Waals surface area contributed by atoms with E-state index in [4.69, 9.17) is 5.73 Å². The summed E-state index contributed by atoms with van der Waals surface area (Å²) in [7, 11) is 0. The van der Waals surface area contributed by atoms with Crippen LogP contribution in [0.25, 0.3) is 0 Å². The van der Waals surface area contributed by atoms with E-state index in [0.29, 0.717) is 0 Å². The van der Waals surface area contributed by atoms with E-state index < -0.39 is 0 Å². The molecule has 0 heterocycles. The van der Waals surface area contributed by atoms with Crippen molar-refractivity contribution in [1.29, 1.82) is 0 Å². The number of fused-ring (bicyclic) bond motifs is 1. The first kappa shape index (κ1) is 10.5. The molecular formula is C10H13ClFN. The Morgan fingerprint density at radius 3 is 2.85 bits per heavy atom. The molecule has 1 aliphatic carbocycles. The normalized spacial score (nSPS) is 20.3. The van der Waals surface area contributed by atoms with Crippen LogP contribution in [-0.4, -0.2) is 0 Å². The second-order valence-electron chi connectivity index (χ2n) is 3.31. The molecule has 13 heavy (non-hydrogen) atoms. The monoisotopic (exact) mass is 201 g/mol. The van der Waals surface area contributed by atoms with Gasteiger partial charge in [0.15, 0.2) is 0 Å². The highest BCUT2D eigenvalue weighted by Crippen LogP contribution is 2.29. The molecule has 0 saturated heterocycles. The Kier molecular flexibility index (Phi) is 3.28. The maximum atomic E-state index is 13.2. The van der Waals surface area contributed by atoms with E-state index in [1.165, 1.54) is 6.07 Å². The summed E-state index contributed by atoms with van der Waals surface area (Å²) in [5.74, 6) is -0.0948. The highest BCUT2D eigenvalue weighted by Gasteiger charge is 2.18. The molecule has 1 aromatic rings. The third kappa shape index (κ3) is 1.84. The number of rotatable bonds is 0. The minimum atomic E-state index is -0.0948. The molecule has 0 aliphatic heterocycles. The second-order valence-corrected chi connectivity index (χ2v) is 3.31. The van der Waals surface area contributed by atoms with Crippen LogP contribution in [-0.2, 0) is 6.42 Å². The van der Waals surface area contributed by atoms with Gasteiger partial charge in [0, 0.05) is 6.04 Å². The lowest BCUT2D eigenvalue weighted by Crippen LogP contribution is -2.18. The smallest absolute Gasteiger partial charge is 0.126 e. The molecule has 1 aromatic carbocycles. The topological polar surface area (TPSA) is 26.0 Å². The van der Waals surface area contributed by atoms with Gasteiger partial charge in [-0.2, -0.15) is 0 Å². The predicted molar refractivity (Wildman–Crippen MR) is 53.5 cm³/mol. The largest absolute Gasteiger partial charge is 0.324 e. The van der Waals surface area contributed by atoms with Crippen LogP contribution < -0.4 is 5.73 Å². The molecule has 1 unspecified atom stereocenters. The third-order valence-corrected chi connectivity index (χ3v) is 2.50. The lowest BCUT2D eigenvalue weighted by atomic mass is 9.88. The van der Waals surface area contributed by atoms with E-state index in [0.717, 1.165) is 30.4 Å². The van der Waals surface area contributed by atoms with Gasteiger partial charge in [-0.15, -0.1) is 12.4 Å². The maximum absolute atomic E-state index is 13.2. The molecule has 0 fully saturated rings. The van der Waals surface area contributed by atoms with Gasteiger partial charge in [-0.05, 0) is 36.5 Å². The summed E-state index contributed by atoms with van der Waals surface area (Å²) in [6, 6.07) is 5.22. The van der Waals surface area contributed by atoms with E-state index in [9.17, 15) is 4.39 Å². The first-order valence-corrected chi connectivity index (χ1v) is 4.32.